The van der Waals surface area contributed by atoms with Crippen LogP contribution in [0.5, 0.6) is 0 Å². The lowest BCUT2D eigenvalue weighted by atomic mass is 10.1. The molecular weight excluding hydrogens is 320 g/mol. The minimum Gasteiger partial charge on any atom is -0.480 e. The van der Waals surface area contributed by atoms with Gasteiger partial charge < -0.3 is 10.4 Å². The first-order chi connectivity index (χ1) is 11.9. The maximum absolute atomic E-state index is 12.9. The maximum atomic E-state index is 12.9. The number of benzene rings is 2. The van der Waals surface area contributed by atoms with Crippen LogP contribution >= 0.6 is 0 Å². The predicted molar refractivity (Wildman–Crippen MR) is 95.9 cm³/mol. The predicted octanol–water partition coefficient (Wildman–Crippen LogP) is 2.81. The molecule has 0 spiro atoms. The first kappa shape index (κ1) is 18.2. The van der Waals surface area contributed by atoms with E-state index in [1.54, 1.807) is 61.5 Å². The molecule has 0 saturated heterocycles. The van der Waals surface area contributed by atoms with Gasteiger partial charge in [0.2, 0.25) is 5.91 Å². The van der Waals surface area contributed by atoms with Crippen LogP contribution in [0, 0.1) is 0 Å². The average molecular weight is 340 g/mol. The Kier molecular flexibility index (Phi) is 5.89. The number of carbonyl (C=O) groups is 3. The van der Waals surface area contributed by atoms with Gasteiger partial charge >= 0.3 is 5.97 Å². The number of nitrogens with zero attached hydrogens (tertiary/aromatic N) is 1. The number of para-hydroxylation sites is 1. The first-order valence-electron chi connectivity index (χ1n) is 7.86. The second kappa shape index (κ2) is 8.10. The third-order valence-corrected chi connectivity index (χ3v) is 3.79. The molecule has 0 aromatic heterocycles. The van der Waals surface area contributed by atoms with Gasteiger partial charge in [-0.25, -0.2) is 4.79 Å². The molecule has 0 heterocycles. The van der Waals surface area contributed by atoms with Gasteiger partial charge in [-0.3, -0.25) is 14.5 Å². The zero-order valence-electron chi connectivity index (χ0n) is 14.0. The van der Waals surface area contributed by atoms with Gasteiger partial charge in [-0.1, -0.05) is 30.3 Å². The minimum atomic E-state index is -1.09. The number of hydrogen-bond acceptors (Lipinski definition) is 4. The Morgan fingerprint density at radius 3 is 2.36 bits per heavy atom. The van der Waals surface area contributed by atoms with Gasteiger partial charge in [-0.05, 0) is 38.1 Å². The van der Waals surface area contributed by atoms with Crippen molar-refractivity contribution < 1.29 is 19.5 Å². The summed E-state index contributed by atoms with van der Waals surface area (Å²) in [6.07, 6.45) is 0.723. The summed E-state index contributed by atoms with van der Waals surface area (Å²) >= 11 is 0. The van der Waals surface area contributed by atoms with Gasteiger partial charge in [0.15, 0.2) is 0 Å². The molecular formula is C19H20N2O4. The van der Waals surface area contributed by atoms with E-state index in [1.165, 1.54) is 11.8 Å². The van der Waals surface area contributed by atoms with E-state index in [4.69, 9.17) is 0 Å². The number of carboxylic acids is 1. The topological polar surface area (TPSA) is 86.7 Å². The lowest BCUT2D eigenvalue weighted by Crippen LogP contribution is -2.49. The van der Waals surface area contributed by atoms with Gasteiger partial charge in [-0.15, -0.1) is 0 Å². The summed E-state index contributed by atoms with van der Waals surface area (Å²) in [5, 5.41) is 12.4. The normalized spacial score (nSPS) is 12.7. The molecule has 0 saturated carbocycles. The van der Waals surface area contributed by atoms with Crippen LogP contribution in [0.3, 0.4) is 0 Å². The summed E-state index contributed by atoms with van der Waals surface area (Å²) in [7, 11) is 0. The summed E-state index contributed by atoms with van der Waals surface area (Å²) in [5.74, 6) is -1.47. The van der Waals surface area contributed by atoms with Crippen LogP contribution in [0.2, 0.25) is 0 Å². The molecule has 2 aromatic carbocycles. The molecule has 6 nitrogen and oxygen atoms in total. The molecule has 1 amide bonds. The van der Waals surface area contributed by atoms with Gasteiger partial charge in [0.1, 0.15) is 18.4 Å². The smallest absolute Gasteiger partial charge is 0.326 e. The Labute approximate surface area is 146 Å². The Morgan fingerprint density at radius 1 is 1.08 bits per heavy atom. The zero-order chi connectivity index (χ0) is 18.4. The number of amides is 1. The number of anilines is 2. The van der Waals surface area contributed by atoms with Crippen LogP contribution in [0.25, 0.3) is 0 Å². The fourth-order valence-corrected chi connectivity index (χ4v) is 2.46. The van der Waals surface area contributed by atoms with E-state index in [0.717, 1.165) is 6.29 Å². The quantitative estimate of drug-likeness (QED) is 0.757. The Hall–Kier alpha value is -3.15. The van der Waals surface area contributed by atoms with Crippen molar-refractivity contribution in [1.29, 1.82) is 0 Å². The Bertz CT molecular complexity index is 761. The number of carboxylic acid groups (broad SMARTS) is 1. The maximum Gasteiger partial charge on any atom is 0.326 e. The summed E-state index contributed by atoms with van der Waals surface area (Å²) in [6.45, 7) is 3.12. The largest absolute Gasteiger partial charge is 0.480 e. The van der Waals surface area contributed by atoms with Crippen LogP contribution in [-0.4, -0.2) is 35.4 Å². The third kappa shape index (κ3) is 4.44. The standard InChI is InChI=1S/C19H20N2O4/c1-13(20-16-8-6-7-15(11-16)12-22)18(23)21(14(2)19(24)25)17-9-4-3-5-10-17/h3-14,20H,1-2H3,(H,24,25). The number of hydrogen-bond donors (Lipinski definition) is 2. The second-order valence-corrected chi connectivity index (χ2v) is 5.67. The van der Waals surface area contributed by atoms with E-state index in [9.17, 15) is 19.5 Å². The van der Waals surface area contributed by atoms with Crippen molar-refractivity contribution in [3.63, 3.8) is 0 Å². The van der Waals surface area contributed by atoms with Crippen LogP contribution in [0.1, 0.15) is 24.2 Å². The highest BCUT2D eigenvalue weighted by Gasteiger charge is 2.30. The fraction of sp³-hybridized carbons (Fsp3) is 0.211. The Balaban J connectivity index is 2.25. The molecule has 0 radical (unpaired) electrons. The van der Waals surface area contributed by atoms with Crippen molar-refractivity contribution in [1.82, 2.24) is 0 Å². The van der Waals surface area contributed by atoms with Crippen molar-refractivity contribution in [2.45, 2.75) is 25.9 Å². The Morgan fingerprint density at radius 2 is 1.76 bits per heavy atom. The highest BCUT2D eigenvalue weighted by atomic mass is 16.4. The van der Waals surface area contributed by atoms with Crippen LogP contribution < -0.4 is 10.2 Å². The molecule has 0 aliphatic heterocycles. The van der Waals surface area contributed by atoms with Crippen LogP contribution in [0.4, 0.5) is 11.4 Å². The number of nitrogens with one attached hydrogen (secondary N) is 1. The van der Waals surface area contributed by atoms with E-state index in [0.29, 0.717) is 16.9 Å². The summed E-state index contributed by atoms with van der Waals surface area (Å²) in [6, 6.07) is 13.7. The molecule has 0 fully saturated rings. The van der Waals surface area contributed by atoms with Crippen molar-refractivity contribution >= 4 is 29.5 Å². The molecule has 2 aromatic rings. The highest BCUT2D eigenvalue weighted by molar-refractivity contribution is 6.02. The number of carbonyl (C=O) groups excluding carboxylic acids is 2. The molecule has 0 aliphatic rings. The number of aldehydes is 1. The third-order valence-electron chi connectivity index (χ3n) is 3.79. The fourth-order valence-electron chi connectivity index (χ4n) is 2.46. The zero-order valence-corrected chi connectivity index (χ0v) is 14.0. The van der Waals surface area contributed by atoms with E-state index in [2.05, 4.69) is 5.32 Å². The summed E-state index contributed by atoms with van der Waals surface area (Å²) in [5.41, 5.74) is 1.61. The van der Waals surface area contributed by atoms with Crippen molar-refractivity contribution in [3.05, 3.63) is 60.2 Å². The highest BCUT2D eigenvalue weighted by Crippen LogP contribution is 2.20. The minimum absolute atomic E-state index is 0.377. The molecule has 2 atom stereocenters. The number of rotatable bonds is 7. The van der Waals surface area contributed by atoms with Crippen molar-refractivity contribution in [2.75, 3.05) is 10.2 Å². The lowest BCUT2D eigenvalue weighted by Gasteiger charge is -2.30. The SMILES string of the molecule is CC(Nc1cccc(C=O)c1)C(=O)N(c1ccccc1)C(C)C(=O)O. The van der Waals surface area contributed by atoms with E-state index >= 15 is 0 Å². The average Bonchev–Trinajstić information content (AvgIpc) is 2.62. The van der Waals surface area contributed by atoms with E-state index < -0.39 is 18.1 Å². The van der Waals surface area contributed by atoms with Crippen LogP contribution in [0.15, 0.2) is 54.6 Å². The van der Waals surface area contributed by atoms with Crippen molar-refractivity contribution in [2.24, 2.45) is 0 Å². The summed E-state index contributed by atoms with van der Waals surface area (Å²) < 4.78 is 0. The monoisotopic (exact) mass is 340 g/mol. The molecule has 2 N–H and O–H groups in total. The molecule has 25 heavy (non-hydrogen) atoms. The molecule has 0 aliphatic carbocycles. The second-order valence-electron chi connectivity index (χ2n) is 5.67. The number of aliphatic carboxylic acids is 1. The molecule has 2 unspecified atom stereocenters. The molecule has 130 valence electrons. The van der Waals surface area contributed by atoms with Gasteiger partial charge in [0.25, 0.3) is 0 Å². The molecule has 2 rings (SSSR count). The van der Waals surface area contributed by atoms with E-state index in [-0.39, 0.29) is 5.91 Å². The molecule has 0 bridgehead atoms. The molecule has 6 heteroatoms. The van der Waals surface area contributed by atoms with Crippen LogP contribution in [-0.2, 0) is 9.59 Å². The lowest BCUT2D eigenvalue weighted by molar-refractivity contribution is -0.139. The van der Waals surface area contributed by atoms with E-state index in [1.807, 2.05) is 0 Å². The van der Waals surface area contributed by atoms with Gasteiger partial charge in [-0.2, -0.15) is 0 Å². The summed E-state index contributed by atoms with van der Waals surface area (Å²) in [4.78, 5) is 36.4. The van der Waals surface area contributed by atoms with Gasteiger partial charge in [0.05, 0.1) is 0 Å². The van der Waals surface area contributed by atoms with Crippen molar-refractivity contribution in [3.8, 4) is 0 Å². The van der Waals surface area contributed by atoms with Gasteiger partial charge in [0, 0.05) is 16.9 Å². The first-order valence-corrected chi connectivity index (χ1v) is 7.86.